The van der Waals surface area contributed by atoms with Crippen LogP contribution in [0.4, 0.5) is 5.95 Å². The number of aliphatic imine (C=N–C) groups is 1. The van der Waals surface area contributed by atoms with E-state index in [1.165, 1.54) is 0 Å². The molecule has 1 aliphatic carbocycles. The van der Waals surface area contributed by atoms with Gasteiger partial charge in [-0.1, -0.05) is 11.6 Å². The molecule has 2 aromatic heterocycles. The zero-order chi connectivity index (χ0) is 15.5. The number of aromatic nitrogens is 3. The molecule has 6 nitrogen and oxygen atoms in total. The van der Waals surface area contributed by atoms with Crippen molar-refractivity contribution in [3.8, 4) is 0 Å². The van der Waals surface area contributed by atoms with Crippen LogP contribution >= 0.6 is 11.6 Å². The highest BCUT2D eigenvalue weighted by Gasteiger charge is 2.22. The molecule has 1 saturated carbocycles. The first-order valence-electron chi connectivity index (χ1n) is 7.43. The molecule has 0 radical (unpaired) electrons. The molecule has 2 heterocycles. The molecule has 0 bridgehead atoms. The molecule has 1 unspecified atom stereocenters. The lowest BCUT2D eigenvalue weighted by atomic mass is 9.89. The maximum absolute atomic E-state index is 6.12. The van der Waals surface area contributed by atoms with E-state index in [1.54, 1.807) is 16.8 Å². The number of hydrogen-bond acceptors (Lipinski definition) is 5. The first kappa shape index (κ1) is 14.8. The van der Waals surface area contributed by atoms with Crippen LogP contribution in [0, 0.1) is 0 Å². The van der Waals surface area contributed by atoms with Crippen molar-refractivity contribution in [2.24, 2.45) is 10.7 Å². The van der Waals surface area contributed by atoms with Gasteiger partial charge in [-0.25, -0.2) is 4.52 Å². The lowest BCUT2D eigenvalue weighted by Crippen LogP contribution is -2.29. The number of nitrogens with zero attached hydrogens (tertiary/aromatic N) is 4. The first-order chi connectivity index (χ1) is 10.7. The van der Waals surface area contributed by atoms with Gasteiger partial charge in [-0.3, -0.25) is 4.99 Å². The second-order valence-corrected chi connectivity index (χ2v) is 5.66. The van der Waals surface area contributed by atoms with Gasteiger partial charge in [0.15, 0.2) is 5.65 Å². The van der Waals surface area contributed by atoms with Crippen LogP contribution in [0.3, 0.4) is 0 Å². The third kappa shape index (κ3) is 2.92. The van der Waals surface area contributed by atoms with Gasteiger partial charge in [0, 0.05) is 24.5 Å². The fourth-order valence-electron chi connectivity index (χ4n) is 2.73. The molecule has 1 atom stereocenters. The molecule has 0 aromatic carbocycles. The SMILES string of the molecule is CCN=C1CCC(Nc2nc3c(Cl)cccn3n2)CC1=CN. The summed E-state index contributed by atoms with van der Waals surface area (Å²) < 4.78 is 1.68. The fourth-order valence-corrected chi connectivity index (χ4v) is 2.93. The molecule has 3 rings (SSSR count). The van der Waals surface area contributed by atoms with Crippen LogP contribution in [0.5, 0.6) is 0 Å². The summed E-state index contributed by atoms with van der Waals surface area (Å²) in [6, 6.07) is 3.90. The van der Waals surface area contributed by atoms with E-state index in [9.17, 15) is 0 Å². The van der Waals surface area contributed by atoms with Gasteiger partial charge in [-0.05, 0) is 50.1 Å². The fraction of sp³-hybridized carbons (Fsp3) is 0.400. The summed E-state index contributed by atoms with van der Waals surface area (Å²) in [5.41, 5.74) is 8.62. The van der Waals surface area contributed by atoms with Crippen molar-refractivity contribution in [3.05, 3.63) is 35.1 Å². The Hall–Kier alpha value is -2.08. The molecule has 0 spiro atoms. The number of hydrogen-bond donors (Lipinski definition) is 2. The van der Waals surface area contributed by atoms with Crippen LogP contribution in [0.2, 0.25) is 5.02 Å². The third-order valence-electron chi connectivity index (χ3n) is 3.76. The monoisotopic (exact) mass is 318 g/mol. The Kier molecular flexibility index (Phi) is 4.29. The van der Waals surface area contributed by atoms with Crippen LogP contribution in [-0.2, 0) is 0 Å². The highest BCUT2D eigenvalue weighted by atomic mass is 35.5. The standard InChI is InChI=1S/C15H19ClN6/c1-2-18-13-6-5-11(8-10(13)9-17)19-15-20-14-12(16)4-3-7-22(14)21-15/h3-4,7,9,11H,2,5-6,8,17H2,1H3,(H,19,21). The number of fused-ring (bicyclic) bond motifs is 1. The van der Waals surface area contributed by atoms with E-state index < -0.39 is 0 Å². The van der Waals surface area contributed by atoms with Crippen molar-refractivity contribution in [2.75, 3.05) is 11.9 Å². The van der Waals surface area contributed by atoms with E-state index in [4.69, 9.17) is 17.3 Å². The number of nitrogens with one attached hydrogen (secondary N) is 1. The molecule has 7 heteroatoms. The molecule has 1 fully saturated rings. The summed E-state index contributed by atoms with van der Waals surface area (Å²) in [4.78, 5) is 8.95. The van der Waals surface area contributed by atoms with Crippen LogP contribution < -0.4 is 11.1 Å². The van der Waals surface area contributed by atoms with Gasteiger partial charge in [-0.15, -0.1) is 5.10 Å². The number of anilines is 1. The van der Waals surface area contributed by atoms with E-state index in [-0.39, 0.29) is 6.04 Å². The molecule has 0 amide bonds. The van der Waals surface area contributed by atoms with Gasteiger partial charge in [0.05, 0.1) is 5.02 Å². The van der Waals surface area contributed by atoms with Gasteiger partial charge < -0.3 is 11.1 Å². The molecule has 3 N–H and O–H groups in total. The van der Waals surface area contributed by atoms with E-state index in [2.05, 4.69) is 20.4 Å². The van der Waals surface area contributed by atoms with Crippen molar-refractivity contribution in [3.63, 3.8) is 0 Å². The summed E-state index contributed by atoms with van der Waals surface area (Å²) in [7, 11) is 0. The Morgan fingerprint density at radius 2 is 2.45 bits per heavy atom. The Labute approximate surface area is 134 Å². The van der Waals surface area contributed by atoms with Crippen LogP contribution in [0.15, 0.2) is 35.1 Å². The number of pyridine rings is 1. The molecular formula is C15H19ClN6. The van der Waals surface area contributed by atoms with Crippen molar-refractivity contribution in [2.45, 2.75) is 32.2 Å². The van der Waals surface area contributed by atoms with Crippen molar-refractivity contribution >= 4 is 28.9 Å². The van der Waals surface area contributed by atoms with Crippen LogP contribution in [-0.4, -0.2) is 32.9 Å². The van der Waals surface area contributed by atoms with Crippen molar-refractivity contribution in [1.82, 2.24) is 14.6 Å². The largest absolute Gasteiger partial charge is 0.404 e. The summed E-state index contributed by atoms with van der Waals surface area (Å²) in [6.07, 6.45) is 6.23. The Morgan fingerprint density at radius 3 is 3.18 bits per heavy atom. The summed E-state index contributed by atoms with van der Waals surface area (Å²) in [5, 5.41) is 8.36. The zero-order valence-electron chi connectivity index (χ0n) is 12.5. The summed E-state index contributed by atoms with van der Waals surface area (Å²) in [6.45, 7) is 2.83. The minimum atomic E-state index is 0.252. The average Bonchev–Trinajstić information content (AvgIpc) is 2.93. The summed E-state index contributed by atoms with van der Waals surface area (Å²) >= 11 is 6.12. The molecule has 116 valence electrons. The average molecular weight is 319 g/mol. The predicted molar refractivity (Wildman–Crippen MR) is 89.5 cm³/mol. The molecule has 1 aliphatic rings. The number of halogens is 1. The smallest absolute Gasteiger partial charge is 0.243 e. The van der Waals surface area contributed by atoms with E-state index >= 15 is 0 Å². The highest BCUT2D eigenvalue weighted by Crippen LogP contribution is 2.24. The van der Waals surface area contributed by atoms with Gasteiger partial charge in [0.25, 0.3) is 0 Å². The molecule has 2 aromatic rings. The minimum absolute atomic E-state index is 0.252. The zero-order valence-corrected chi connectivity index (χ0v) is 13.2. The molecule has 0 aliphatic heterocycles. The Bertz CT molecular complexity index is 733. The van der Waals surface area contributed by atoms with Crippen LogP contribution in [0.1, 0.15) is 26.2 Å². The number of nitrogens with two attached hydrogens (primary N) is 1. The van der Waals surface area contributed by atoms with E-state index in [1.807, 2.05) is 19.2 Å². The second kappa shape index (κ2) is 6.36. The highest BCUT2D eigenvalue weighted by molar-refractivity contribution is 6.33. The van der Waals surface area contributed by atoms with Gasteiger partial charge in [0.1, 0.15) is 0 Å². The molecular weight excluding hydrogens is 300 g/mol. The van der Waals surface area contributed by atoms with Crippen LogP contribution in [0.25, 0.3) is 5.65 Å². The third-order valence-corrected chi connectivity index (χ3v) is 4.06. The van der Waals surface area contributed by atoms with E-state index in [0.717, 1.165) is 37.1 Å². The molecule has 0 saturated heterocycles. The van der Waals surface area contributed by atoms with Gasteiger partial charge in [-0.2, -0.15) is 4.98 Å². The summed E-state index contributed by atoms with van der Waals surface area (Å²) in [5.74, 6) is 0.588. The minimum Gasteiger partial charge on any atom is -0.404 e. The predicted octanol–water partition coefficient (Wildman–Crippen LogP) is 2.65. The maximum atomic E-state index is 6.12. The topological polar surface area (TPSA) is 80.6 Å². The Morgan fingerprint density at radius 1 is 1.59 bits per heavy atom. The normalized spacial score (nSPS) is 22.5. The van der Waals surface area contributed by atoms with Crippen molar-refractivity contribution < 1.29 is 0 Å². The maximum Gasteiger partial charge on any atom is 0.243 e. The number of rotatable bonds is 3. The van der Waals surface area contributed by atoms with E-state index in [0.29, 0.717) is 16.6 Å². The Balaban J connectivity index is 1.76. The second-order valence-electron chi connectivity index (χ2n) is 5.26. The lowest BCUT2D eigenvalue weighted by Gasteiger charge is -2.25. The quantitative estimate of drug-likeness (QED) is 0.911. The van der Waals surface area contributed by atoms with Gasteiger partial charge >= 0.3 is 0 Å². The van der Waals surface area contributed by atoms with Crippen molar-refractivity contribution in [1.29, 1.82) is 0 Å². The van der Waals surface area contributed by atoms with Gasteiger partial charge in [0.2, 0.25) is 5.95 Å². The molecule has 22 heavy (non-hydrogen) atoms. The first-order valence-corrected chi connectivity index (χ1v) is 7.81. The lowest BCUT2D eigenvalue weighted by molar-refractivity contribution is 0.637.